The van der Waals surface area contributed by atoms with Crippen LogP contribution in [0, 0.1) is 0 Å². The predicted octanol–water partition coefficient (Wildman–Crippen LogP) is 7.68. The van der Waals surface area contributed by atoms with Crippen LogP contribution in [-0.4, -0.2) is 25.3 Å². The lowest BCUT2D eigenvalue weighted by Gasteiger charge is -2.31. The molecule has 4 nitrogen and oxygen atoms in total. The molecule has 2 aromatic carbocycles. The van der Waals surface area contributed by atoms with Gasteiger partial charge in [0.15, 0.2) is 6.10 Å². The molecule has 0 aromatic heterocycles. The third-order valence-electron chi connectivity index (χ3n) is 6.53. The molecule has 0 saturated carbocycles. The van der Waals surface area contributed by atoms with Crippen LogP contribution in [0.1, 0.15) is 81.2 Å². The quantitative estimate of drug-likeness (QED) is 0.393. The van der Waals surface area contributed by atoms with Crippen LogP contribution < -0.4 is 4.74 Å². The van der Waals surface area contributed by atoms with Gasteiger partial charge in [0.2, 0.25) is 0 Å². The summed E-state index contributed by atoms with van der Waals surface area (Å²) in [6, 6.07) is 8.10. The predicted molar refractivity (Wildman–Crippen MR) is 133 cm³/mol. The summed E-state index contributed by atoms with van der Waals surface area (Å²) in [5, 5.41) is 0. The molecule has 4 rings (SSSR count). The summed E-state index contributed by atoms with van der Waals surface area (Å²) in [5.41, 5.74) is 1.59. The summed E-state index contributed by atoms with van der Waals surface area (Å²) in [5.74, 6) is -0.125. The Kier molecular flexibility index (Phi) is 7.51. The van der Waals surface area contributed by atoms with Crippen molar-refractivity contribution in [2.24, 2.45) is 0 Å². The van der Waals surface area contributed by atoms with E-state index in [1.807, 2.05) is 12.1 Å². The topological polar surface area (TPSA) is 44.8 Å². The van der Waals surface area contributed by atoms with Gasteiger partial charge in [-0.2, -0.15) is 13.2 Å². The Bertz CT molecular complexity index is 1160. The van der Waals surface area contributed by atoms with Crippen molar-refractivity contribution in [1.29, 1.82) is 0 Å². The molecule has 7 heteroatoms. The molecular formula is C29H33F3O4. The van der Waals surface area contributed by atoms with Crippen molar-refractivity contribution < 1.29 is 32.2 Å². The number of aryl methyl sites for hydroxylation is 1. The molecule has 0 spiro atoms. The lowest BCUT2D eigenvalue weighted by molar-refractivity contribution is -0.166. The largest absolute Gasteiger partial charge is 0.493 e. The molecule has 1 heterocycles. The number of allylic oxidation sites excluding steroid dienone is 2. The monoisotopic (exact) mass is 502 g/mol. The Hall–Kier alpha value is -2.80. The number of hydrogen-bond acceptors (Lipinski definition) is 4. The van der Waals surface area contributed by atoms with E-state index in [0.29, 0.717) is 23.3 Å². The summed E-state index contributed by atoms with van der Waals surface area (Å²) < 4.78 is 60.3. The lowest BCUT2D eigenvalue weighted by Crippen LogP contribution is -2.30. The highest BCUT2D eigenvalue weighted by Gasteiger charge is 2.42. The highest BCUT2D eigenvalue weighted by Crippen LogP contribution is 2.47. The number of rotatable bonds is 5. The van der Waals surface area contributed by atoms with Crippen LogP contribution >= 0.6 is 0 Å². The van der Waals surface area contributed by atoms with E-state index in [4.69, 9.17) is 14.2 Å². The normalized spacial score (nSPS) is 17.0. The van der Waals surface area contributed by atoms with Crippen molar-refractivity contribution in [2.45, 2.75) is 77.2 Å². The molecule has 0 radical (unpaired) electrons. The molecule has 2 aliphatic rings. The van der Waals surface area contributed by atoms with Gasteiger partial charge < -0.3 is 14.2 Å². The number of alkyl halides is 3. The molecule has 0 bridgehead atoms. The first-order chi connectivity index (χ1) is 17.0. The summed E-state index contributed by atoms with van der Waals surface area (Å²) in [4.78, 5) is 13.0. The fourth-order valence-corrected chi connectivity index (χ4v) is 5.00. The molecule has 0 saturated heterocycles. The van der Waals surface area contributed by atoms with E-state index in [-0.39, 0.29) is 5.56 Å². The highest BCUT2D eigenvalue weighted by molar-refractivity contribution is 5.89. The number of carbonyl (C=O) groups is 1. The lowest BCUT2D eigenvalue weighted by atomic mass is 9.81. The van der Waals surface area contributed by atoms with Crippen LogP contribution in [0.4, 0.5) is 13.2 Å². The molecule has 2 aromatic rings. The van der Waals surface area contributed by atoms with Gasteiger partial charge in [-0.25, -0.2) is 4.79 Å². The standard InChI is InChI=1S/C29H33F3O4/c1-28(2,3)36-26(27(33)34-4)25-22(29(30,31)32)14-13-21(18-9-6-5-7-10-18)24(25)20-12-15-23-19(17-20)11-8-16-35-23/h9,12-15,17,26H,5-8,10-11,16H2,1-4H3. The van der Waals surface area contributed by atoms with Crippen LogP contribution in [0.3, 0.4) is 0 Å². The van der Waals surface area contributed by atoms with Crippen LogP contribution in [0.25, 0.3) is 16.7 Å². The minimum atomic E-state index is -4.70. The third kappa shape index (κ3) is 5.61. The van der Waals surface area contributed by atoms with E-state index in [1.54, 1.807) is 32.9 Å². The summed E-state index contributed by atoms with van der Waals surface area (Å²) in [6.45, 7) is 5.74. The molecule has 0 N–H and O–H groups in total. The average Bonchev–Trinajstić information content (AvgIpc) is 2.85. The van der Waals surface area contributed by atoms with E-state index >= 15 is 0 Å². The zero-order chi connectivity index (χ0) is 26.1. The number of benzene rings is 2. The number of fused-ring (bicyclic) bond motifs is 1. The second-order valence-electron chi connectivity index (χ2n) is 10.3. The molecule has 1 unspecified atom stereocenters. The molecule has 1 aliphatic carbocycles. The minimum absolute atomic E-state index is 0.204. The van der Waals surface area contributed by atoms with Crippen molar-refractivity contribution in [2.75, 3.05) is 13.7 Å². The van der Waals surface area contributed by atoms with Crippen molar-refractivity contribution in [3.8, 4) is 16.9 Å². The van der Waals surface area contributed by atoms with E-state index in [1.165, 1.54) is 0 Å². The van der Waals surface area contributed by atoms with Crippen molar-refractivity contribution >= 4 is 11.5 Å². The third-order valence-corrected chi connectivity index (χ3v) is 6.53. The number of methoxy groups -OCH3 is 1. The maximum Gasteiger partial charge on any atom is 0.416 e. The second-order valence-corrected chi connectivity index (χ2v) is 10.3. The molecule has 0 fully saturated rings. The Balaban J connectivity index is 2.07. The first-order valence-electron chi connectivity index (χ1n) is 12.4. The first-order valence-corrected chi connectivity index (χ1v) is 12.4. The van der Waals surface area contributed by atoms with Gasteiger partial charge >= 0.3 is 12.1 Å². The van der Waals surface area contributed by atoms with Crippen LogP contribution in [-0.2, 0) is 26.9 Å². The zero-order valence-electron chi connectivity index (χ0n) is 21.3. The zero-order valence-corrected chi connectivity index (χ0v) is 21.3. The van der Waals surface area contributed by atoms with Gasteiger partial charge in [0.25, 0.3) is 0 Å². The maximum absolute atomic E-state index is 14.5. The van der Waals surface area contributed by atoms with Gasteiger partial charge in [-0.3, -0.25) is 0 Å². The van der Waals surface area contributed by atoms with Gasteiger partial charge in [0.05, 0.1) is 24.9 Å². The Morgan fingerprint density at radius 1 is 1.03 bits per heavy atom. The maximum atomic E-state index is 14.5. The smallest absolute Gasteiger partial charge is 0.416 e. The fraction of sp³-hybridized carbons (Fsp3) is 0.483. The molecular weight excluding hydrogens is 469 g/mol. The highest BCUT2D eigenvalue weighted by atomic mass is 19.4. The average molecular weight is 503 g/mol. The van der Waals surface area contributed by atoms with Crippen LogP contribution in [0.5, 0.6) is 5.75 Å². The van der Waals surface area contributed by atoms with E-state index < -0.39 is 29.4 Å². The van der Waals surface area contributed by atoms with Crippen LogP contribution in [0.15, 0.2) is 36.4 Å². The summed E-state index contributed by atoms with van der Waals surface area (Å²) in [6.07, 6.45) is 1.07. The second kappa shape index (κ2) is 10.3. The Labute approximate surface area is 210 Å². The molecule has 194 valence electrons. The fourth-order valence-electron chi connectivity index (χ4n) is 5.00. The van der Waals surface area contributed by atoms with Crippen molar-refractivity contribution in [3.63, 3.8) is 0 Å². The minimum Gasteiger partial charge on any atom is -0.493 e. The van der Waals surface area contributed by atoms with E-state index in [9.17, 15) is 18.0 Å². The molecule has 0 amide bonds. The van der Waals surface area contributed by atoms with Gasteiger partial charge in [-0.05, 0) is 105 Å². The van der Waals surface area contributed by atoms with Crippen molar-refractivity contribution in [3.05, 3.63) is 58.7 Å². The number of ether oxygens (including phenoxy) is 3. The number of carbonyl (C=O) groups excluding carboxylic acids is 1. The SMILES string of the molecule is COC(=O)C(OC(C)(C)C)c1c(C(F)(F)F)ccc(C2=CCCCC2)c1-c1ccc2c(c1)CCCO2. The van der Waals surface area contributed by atoms with Gasteiger partial charge in [0.1, 0.15) is 5.75 Å². The van der Waals surface area contributed by atoms with Gasteiger partial charge in [-0.1, -0.05) is 18.2 Å². The first kappa shape index (κ1) is 26.3. The number of hydrogen-bond donors (Lipinski definition) is 0. The van der Waals surface area contributed by atoms with Gasteiger partial charge in [0, 0.05) is 5.56 Å². The van der Waals surface area contributed by atoms with Gasteiger partial charge in [-0.15, -0.1) is 0 Å². The number of halogens is 3. The Morgan fingerprint density at radius 2 is 1.81 bits per heavy atom. The molecule has 1 atom stereocenters. The number of esters is 1. The summed E-state index contributed by atoms with van der Waals surface area (Å²) in [7, 11) is 1.16. The molecule has 36 heavy (non-hydrogen) atoms. The van der Waals surface area contributed by atoms with E-state index in [2.05, 4.69) is 6.08 Å². The summed E-state index contributed by atoms with van der Waals surface area (Å²) >= 11 is 0. The Morgan fingerprint density at radius 3 is 2.44 bits per heavy atom. The van der Waals surface area contributed by atoms with E-state index in [0.717, 1.165) is 68.6 Å². The van der Waals surface area contributed by atoms with Crippen molar-refractivity contribution in [1.82, 2.24) is 0 Å². The molecule has 1 aliphatic heterocycles. The van der Waals surface area contributed by atoms with Crippen LogP contribution in [0.2, 0.25) is 0 Å².